The number of benzene rings is 3. The Labute approximate surface area is 316 Å². The topological polar surface area (TPSA) is 167 Å². The molecule has 0 unspecified atom stereocenters. The number of anilines is 1. The second kappa shape index (κ2) is 17.6. The molecule has 0 saturated carbocycles. The van der Waals surface area contributed by atoms with Crippen LogP contribution in [0.5, 0.6) is 0 Å². The van der Waals surface area contributed by atoms with E-state index in [0.717, 1.165) is 5.56 Å². The molecule has 1 heterocycles. The fourth-order valence-corrected chi connectivity index (χ4v) is 8.53. The maximum absolute atomic E-state index is 14.1. The van der Waals surface area contributed by atoms with Crippen molar-refractivity contribution in [3.63, 3.8) is 0 Å². The summed E-state index contributed by atoms with van der Waals surface area (Å²) in [5.41, 5.74) is 6.66. The normalized spacial score (nSPS) is 14.4. The Morgan fingerprint density at radius 1 is 0.962 bits per heavy atom. The molecule has 0 aliphatic heterocycles. The molecule has 11 nitrogen and oxygen atoms in total. The number of carbonyl (C=O) groups is 2. The monoisotopic (exact) mass is 768 g/mol. The molecular formula is C39H53FN6O5S2. The second-order valence-corrected chi connectivity index (χ2v) is 18.5. The molecule has 1 amide bonds. The van der Waals surface area contributed by atoms with Crippen molar-refractivity contribution in [3.05, 3.63) is 89.7 Å². The molecule has 0 bridgehead atoms. The number of nitrogen functional groups attached to an aromatic ring is 1. The van der Waals surface area contributed by atoms with Gasteiger partial charge in [-0.05, 0) is 73.1 Å². The van der Waals surface area contributed by atoms with Gasteiger partial charge in [0, 0.05) is 18.6 Å². The summed E-state index contributed by atoms with van der Waals surface area (Å²) in [6.45, 7) is 12.8. The summed E-state index contributed by atoms with van der Waals surface area (Å²) in [4.78, 5) is 31.4. The molecule has 4 rings (SSSR count). The van der Waals surface area contributed by atoms with Gasteiger partial charge in [-0.2, -0.15) is 4.31 Å². The number of aromatic nitrogens is 1. The van der Waals surface area contributed by atoms with Gasteiger partial charge in [0.2, 0.25) is 15.9 Å². The van der Waals surface area contributed by atoms with Gasteiger partial charge >= 0.3 is 0 Å². The van der Waals surface area contributed by atoms with E-state index in [-0.39, 0.29) is 55.0 Å². The lowest BCUT2D eigenvalue weighted by atomic mass is 9.85. The van der Waals surface area contributed by atoms with Gasteiger partial charge in [0.15, 0.2) is 10.9 Å². The first-order chi connectivity index (χ1) is 24.8. The summed E-state index contributed by atoms with van der Waals surface area (Å²) in [5, 5.41) is 21.4. The standard InChI is InChI=1S/C39H53FN6O5S2/c1-25(2)23-46(53(50,51)30-16-17-31-34(20-30)52-37(41)45-31)24-33(48)32(18-26-12-9-8-10-13-26)44-36(49)35(38(3,4)5)42-21-29(47)22-43-39(6,7)27-14-11-15-28(40)19-27/h8-17,19-20,25,32-33,35,42-43,48H,18,21-24H2,1-7H3,(H2,41,45)(H,44,49)/t32-,33+,35+/m0/s1. The van der Waals surface area contributed by atoms with E-state index in [1.807, 2.05) is 78.8 Å². The van der Waals surface area contributed by atoms with E-state index >= 15 is 0 Å². The highest BCUT2D eigenvalue weighted by Crippen LogP contribution is 2.29. The average molecular weight is 769 g/mol. The van der Waals surface area contributed by atoms with Gasteiger partial charge in [0.1, 0.15) is 5.82 Å². The van der Waals surface area contributed by atoms with Crippen LogP contribution in [0.2, 0.25) is 0 Å². The number of fused-ring (bicyclic) bond motifs is 1. The summed E-state index contributed by atoms with van der Waals surface area (Å²) in [6, 6.07) is 18.4. The number of thiazole rings is 1. The smallest absolute Gasteiger partial charge is 0.243 e. The number of aliphatic hydroxyl groups is 1. The second-order valence-electron chi connectivity index (χ2n) is 15.5. The summed E-state index contributed by atoms with van der Waals surface area (Å²) in [7, 11) is -4.08. The van der Waals surface area contributed by atoms with Gasteiger partial charge in [0.25, 0.3) is 0 Å². The number of hydrogen-bond donors (Lipinski definition) is 5. The molecule has 4 aromatic rings. The van der Waals surface area contributed by atoms with Gasteiger partial charge in [-0.15, -0.1) is 0 Å². The number of Topliss-reactive ketones (excluding diaryl/α,β-unsaturated/α-hetero) is 1. The quantitative estimate of drug-likeness (QED) is 0.0952. The van der Waals surface area contributed by atoms with Crippen molar-refractivity contribution in [2.45, 2.75) is 83.5 Å². The maximum atomic E-state index is 14.1. The molecule has 14 heteroatoms. The number of nitrogens with zero attached hydrogens (tertiary/aromatic N) is 2. The number of hydrogen-bond acceptors (Lipinski definition) is 10. The van der Waals surface area contributed by atoms with Gasteiger partial charge in [-0.1, -0.05) is 88.4 Å². The summed E-state index contributed by atoms with van der Waals surface area (Å²) in [6.07, 6.45) is -1.07. The fourth-order valence-electron chi connectivity index (χ4n) is 6.03. The lowest BCUT2D eigenvalue weighted by molar-refractivity contribution is -0.127. The molecule has 288 valence electrons. The van der Waals surface area contributed by atoms with Crippen molar-refractivity contribution in [1.29, 1.82) is 0 Å². The Morgan fingerprint density at radius 3 is 2.30 bits per heavy atom. The van der Waals surface area contributed by atoms with Crippen molar-refractivity contribution in [2.75, 3.05) is 31.9 Å². The van der Waals surface area contributed by atoms with Crippen LogP contribution in [-0.2, 0) is 31.6 Å². The number of amides is 1. The molecule has 3 atom stereocenters. The van der Waals surface area contributed by atoms with Crippen LogP contribution in [0.1, 0.15) is 59.6 Å². The third-order valence-electron chi connectivity index (χ3n) is 8.97. The van der Waals surface area contributed by atoms with Crippen LogP contribution in [0, 0.1) is 17.2 Å². The Bertz CT molecular complexity index is 1960. The summed E-state index contributed by atoms with van der Waals surface area (Å²) < 4.78 is 43.9. The zero-order chi connectivity index (χ0) is 39.1. The molecule has 3 aromatic carbocycles. The zero-order valence-corrected chi connectivity index (χ0v) is 33.2. The fraction of sp³-hybridized carbons (Fsp3) is 0.462. The van der Waals surface area contributed by atoms with Crippen molar-refractivity contribution >= 4 is 48.4 Å². The molecule has 1 aromatic heterocycles. The molecule has 0 aliphatic rings. The van der Waals surface area contributed by atoms with Crippen molar-refractivity contribution in [3.8, 4) is 0 Å². The zero-order valence-electron chi connectivity index (χ0n) is 31.5. The molecule has 0 aliphatic carbocycles. The molecule has 6 N–H and O–H groups in total. The molecule has 53 heavy (non-hydrogen) atoms. The highest BCUT2D eigenvalue weighted by Gasteiger charge is 2.36. The predicted octanol–water partition coefficient (Wildman–Crippen LogP) is 4.85. The number of nitrogens with two attached hydrogens (primary N) is 1. The van der Waals surface area contributed by atoms with Crippen LogP contribution in [0.25, 0.3) is 10.2 Å². The van der Waals surface area contributed by atoms with Crippen LogP contribution in [0.4, 0.5) is 9.52 Å². The lowest BCUT2D eigenvalue weighted by Crippen LogP contribution is -2.58. The number of nitrogens with one attached hydrogen (secondary N) is 3. The molecule has 0 saturated heterocycles. The Morgan fingerprint density at radius 2 is 1.66 bits per heavy atom. The number of rotatable bonds is 18. The molecule has 0 radical (unpaired) electrons. The van der Waals surface area contributed by atoms with Crippen molar-refractivity contribution < 1.29 is 27.5 Å². The van der Waals surface area contributed by atoms with Crippen LogP contribution < -0.4 is 21.7 Å². The minimum absolute atomic E-state index is 0.0200. The lowest BCUT2D eigenvalue weighted by Gasteiger charge is -2.34. The molecule has 0 spiro atoms. The highest BCUT2D eigenvalue weighted by atomic mass is 32.2. The predicted molar refractivity (Wildman–Crippen MR) is 209 cm³/mol. The van der Waals surface area contributed by atoms with Crippen LogP contribution in [0.3, 0.4) is 0 Å². The highest BCUT2D eigenvalue weighted by molar-refractivity contribution is 7.89. The van der Waals surface area contributed by atoms with Gasteiger partial charge in [-0.25, -0.2) is 17.8 Å². The van der Waals surface area contributed by atoms with E-state index in [1.165, 1.54) is 33.8 Å². The summed E-state index contributed by atoms with van der Waals surface area (Å²) in [5.74, 6) is -1.08. The number of sulfonamides is 1. The third-order valence-corrected chi connectivity index (χ3v) is 11.6. The molecule has 0 fully saturated rings. The van der Waals surface area contributed by atoms with Gasteiger partial charge in [0.05, 0.1) is 46.4 Å². The van der Waals surface area contributed by atoms with Crippen molar-refractivity contribution in [1.82, 2.24) is 25.2 Å². The Balaban J connectivity index is 1.52. The van der Waals surface area contributed by atoms with E-state index in [1.54, 1.807) is 24.3 Å². The maximum Gasteiger partial charge on any atom is 0.243 e. The van der Waals surface area contributed by atoms with Gasteiger partial charge < -0.3 is 21.5 Å². The first-order valence-electron chi connectivity index (χ1n) is 17.7. The van der Waals surface area contributed by atoms with E-state index in [2.05, 4.69) is 20.9 Å². The van der Waals surface area contributed by atoms with Crippen LogP contribution >= 0.6 is 11.3 Å². The first-order valence-corrected chi connectivity index (χ1v) is 20.0. The van der Waals surface area contributed by atoms with Crippen LogP contribution in [0.15, 0.2) is 77.7 Å². The first kappa shape index (κ1) is 42.0. The third kappa shape index (κ3) is 11.6. The number of carbonyl (C=O) groups excluding carboxylic acids is 2. The molecular weight excluding hydrogens is 716 g/mol. The largest absolute Gasteiger partial charge is 0.390 e. The van der Waals surface area contributed by atoms with E-state index in [0.29, 0.717) is 20.9 Å². The van der Waals surface area contributed by atoms with Crippen molar-refractivity contribution in [2.24, 2.45) is 11.3 Å². The Hall–Kier alpha value is -3.79. The van der Waals surface area contributed by atoms with E-state index in [4.69, 9.17) is 5.73 Å². The summed E-state index contributed by atoms with van der Waals surface area (Å²) >= 11 is 1.19. The minimum Gasteiger partial charge on any atom is -0.390 e. The number of aliphatic hydroxyl groups excluding tert-OH is 1. The SMILES string of the molecule is CC(C)CN(C[C@@H](O)[C@H](Cc1ccccc1)NC(=O)[C@@H](NCC(=O)CNC(C)(C)c1cccc(F)c1)C(C)(C)C)S(=O)(=O)c1ccc2nc(N)sc2c1. The van der Waals surface area contributed by atoms with Crippen LogP contribution in [-0.4, -0.2) is 78.9 Å². The van der Waals surface area contributed by atoms with E-state index in [9.17, 15) is 27.5 Å². The number of ketones is 1. The average Bonchev–Trinajstić information content (AvgIpc) is 3.46. The Kier molecular flexibility index (Phi) is 13.9. The van der Waals surface area contributed by atoms with Gasteiger partial charge in [-0.3, -0.25) is 14.9 Å². The number of halogens is 1. The van der Waals surface area contributed by atoms with E-state index < -0.39 is 45.1 Å². The minimum atomic E-state index is -4.08.